The van der Waals surface area contributed by atoms with Gasteiger partial charge in [-0.25, -0.2) is 9.97 Å². The Labute approximate surface area is 136 Å². The number of hydrogen-bond acceptors (Lipinski definition) is 6. The average molecular weight is 329 g/mol. The molecule has 118 valence electrons. The van der Waals surface area contributed by atoms with Gasteiger partial charge in [-0.15, -0.1) is 11.3 Å². The lowest BCUT2D eigenvalue weighted by Gasteiger charge is -2.37. The molecule has 1 saturated heterocycles. The van der Waals surface area contributed by atoms with Crippen molar-refractivity contribution in [1.29, 1.82) is 0 Å². The fourth-order valence-electron chi connectivity index (χ4n) is 2.58. The van der Waals surface area contributed by atoms with Gasteiger partial charge in [0.05, 0.1) is 18.0 Å². The lowest BCUT2D eigenvalue weighted by Crippen LogP contribution is -2.49. The van der Waals surface area contributed by atoms with Crippen LogP contribution in [0.3, 0.4) is 0 Å². The van der Waals surface area contributed by atoms with E-state index < -0.39 is 0 Å². The van der Waals surface area contributed by atoms with Crippen molar-refractivity contribution < 1.29 is 9.21 Å². The van der Waals surface area contributed by atoms with Crippen molar-refractivity contribution in [3.63, 3.8) is 0 Å². The molecule has 1 amide bonds. The summed E-state index contributed by atoms with van der Waals surface area (Å²) in [5.74, 6) is 2.80. The van der Waals surface area contributed by atoms with Gasteiger partial charge in [0.25, 0.3) is 0 Å². The monoisotopic (exact) mass is 329 g/mol. The SMILES string of the molecule is Cc1ccc(-c2nc(CC(=O)N3CC(c4ncn[nH]4)C3)cs2)o1. The van der Waals surface area contributed by atoms with Gasteiger partial charge >= 0.3 is 0 Å². The Morgan fingerprint density at radius 1 is 1.48 bits per heavy atom. The number of rotatable bonds is 4. The molecule has 0 aromatic carbocycles. The quantitative estimate of drug-likeness (QED) is 0.791. The van der Waals surface area contributed by atoms with Crippen molar-refractivity contribution in [2.45, 2.75) is 19.3 Å². The highest BCUT2D eigenvalue weighted by atomic mass is 32.1. The number of hydrogen-bond donors (Lipinski definition) is 1. The standard InChI is InChI=1S/C15H15N5O2S/c1-9-2-3-12(22-9)15-18-11(7-23-15)4-13(21)20-5-10(6-20)14-16-8-17-19-14/h2-3,7-8,10H,4-6H2,1H3,(H,16,17,19). The predicted octanol–water partition coefficient (Wildman–Crippen LogP) is 2.00. The van der Waals surface area contributed by atoms with Crippen molar-refractivity contribution in [2.75, 3.05) is 13.1 Å². The van der Waals surface area contributed by atoms with E-state index >= 15 is 0 Å². The van der Waals surface area contributed by atoms with E-state index in [0.29, 0.717) is 19.5 Å². The van der Waals surface area contributed by atoms with Crippen LogP contribution in [0.4, 0.5) is 0 Å². The first kappa shape index (κ1) is 14.1. The minimum absolute atomic E-state index is 0.0910. The second-order valence-electron chi connectivity index (χ2n) is 5.60. The molecular weight excluding hydrogens is 314 g/mol. The summed E-state index contributed by atoms with van der Waals surface area (Å²) in [7, 11) is 0. The number of amides is 1. The fraction of sp³-hybridized carbons (Fsp3) is 0.333. The number of nitrogens with one attached hydrogen (secondary N) is 1. The van der Waals surface area contributed by atoms with Crippen LogP contribution in [0.25, 0.3) is 10.8 Å². The molecule has 3 aromatic heterocycles. The van der Waals surface area contributed by atoms with Crippen LogP contribution in [0.1, 0.15) is 23.2 Å². The first-order chi connectivity index (χ1) is 11.2. The predicted molar refractivity (Wildman–Crippen MR) is 84.0 cm³/mol. The molecule has 0 spiro atoms. The lowest BCUT2D eigenvalue weighted by molar-refractivity contribution is -0.135. The first-order valence-electron chi connectivity index (χ1n) is 7.33. The largest absolute Gasteiger partial charge is 0.459 e. The fourth-order valence-corrected chi connectivity index (χ4v) is 3.36. The number of nitrogens with zero attached hydrogens (tertiary/aromatic N) is 4. The van der Waals surface area contributed by atoms with Crippen LogP contribution in [0.5, 0.6) is 0 Å². The van der Waals surface area contributed by atoms with E-state index in [-0.39, 0.29) is 11.8 Å². The van der Waals surface area contributed by atoms with Crippen molar-refractivity contribution >= 4 is 17.2 Å². The second-order valence-corrected chi connectivity index (χ2v) is 6.46. The number of H-pyrrole nitrogens is 1. The average Bonchev–Trinajstić information content (AvgIpc) is 3.18. The maximum atomic E-state index is 12.3. The highest BCUT2D eigenvalue weighted by Crippen LogP contribution is 2.27. The maximum Gasteiger partial charge on any atom is 0.228 e. The number of thiazole rings is 1. The second kappa shape index (κ2) is 5.62. The number of carbonyl (C=O) groups excluding carboxylic acids is 1. The van der Waals surface area contributed by atoms with Crippen molar-refractivity contribution in [3.05, 3.63) is 41.1 Å². The third-order valence-electron chi connectivity index (χ3n) is 3.89. The van der Waals surface area contributed by atoms with Gasteiger partial charge in [-0.2, -0.15) is 5.10 Å². The van der Waals surface area contributed by atoms with Crippen molar-refractivity contribution in [1.82, 2.24) is 25.1 Å². The molecule has 1 fully saturated rings. The number of aryl methyl sites for hydroxylation is 1. The molecule has 4 rings (SSSR count). The van der Waals surface area contributed by atoms with E-state index in [4.69, 9.17) is 4.42 Å². The van der Waals surface area contributed by atoms with Gasteiger partial charge in [-0.1, -0.05) is 0 Å². The minimum Gasteiger partial charge on any atom is -0.459 e. The van der Waals surface area contributed by atoms with Crippen molar-refractivity contribution in [2.24, 2.45) is 0 Å². The first-order valence-corrected chi connectivity index (χ1v) is 8.21. The van der Waals surface area contributed by atoms with Gasteiger partial charge in [0, 0.05) is 18.5 Å². The third-order valence-corrected chi connectivity index (χ3v) is 4.80. The number of furan rings is 1. The Balaban J connectivity index is 1.36. The molecule has 0 radical (unpaired) electrons. The summed E-state index contributed by atoms with van der Waals surface area (Å²) >= 11 is 1.50. The zero-order chi connectivity index (χ0) is 15.8. The lowest BCUT2D eigenvalue weighted by atomic mass is 9.99. The molecular formula is C15H15N5O2S. The van der Waals surface area contributed by atoms with Gasteiger partial charge < -0.3 is 9.32 Å². The molecule has 0 saturated carbocycles. The van der Waals surface area contributed by atoms with Crippen LogP contribution in [0, 0.1) is 6.92 Å². The van der Waals surface area contributed by atoms with E-state index in [0.717, 1.165) is 28.0 Å². The summed E-state index contributed by atoms with van der Waals surface area (Å²) in [6.45, 7) is 3.27. The molecule has 8 heteroatoms. The van der Waals surface area contributed by atoms with E-state index in [1.807, 2.05) is 29.3 Å². The third kappa shape index (κ3) is 2.77. The van der Waals surface area contributed by atoms with Gasteiger partial charge in [0.1, 0.15) is 17.9 Å². The van der Waals surface area contributed by atoms with Crippen molar-refractivity contribution in [3.8, 4) is 10.8 Å². The van der Waals surface area contributed by atoms with E-state index in [9.17, 15) is 4.79 Å². The number of likely N-dealkylation sites (tertiary alicyclic amines) is 1. The van der Waals surface area contributed by atoms with Crippen LogP contribution in [0.15, 0.2) is 28.3 Å². The summed E-state index contributed by atoms with van der Waals surface area (Å²) in [6, 6.07) is 3.81. The molecule has 1 aliphatic heterocycles. The molecule has 1 N–H and O–H groups in total. The van der Waals surface area contributed by atoms with Gasteiger partial charge in [-0.3, -0.25) is 9.89 Å². The summed E-state index contributed by atoms with van der Waals surface area (Å²) in [4.78, 5) is 22.7. The number of carbonyl (C=O) groups is 1. The number of aromatic nitrogens is 4. The van der Waals surface area contributed by atoms with E-state index in [1.54, 1.807) is 0 Å². The molecule has 0 unspecified atom stereocenters. The van der Waals surface area contributed by atoms with Crippen LogP contribution >= 0.6 is 11.3 Å². The number of aromatic amines is 1. The summed E-state index contributed by atoms with van der Waals surface area (Å²) < 4.78 is 5.56. The molecule has 0 bridgehead atoms. The van der Waals surface area contributed by atoms with E-state index in [1.165, 1.54) is 17.7 Å². The molecule has 1 aliphatic rings. The topological polar surface area (TPSA) is 87.9 Å². The van der Waals surface area contributed by atoms with Crippen LogP contribution in [-0.2, 0) is 11.2 Å². The normalized spacial score (nSPS) is 14.9. The summed E-state index contributed by atoms with van der Waals surface area (Å²) in [5, 5.41) is 9.42. The van der Waals surface area contributed by atoms with Crippen LogP contribution in [0.2, 0.25) is 0 Å². The smallest absolute Gasteiger partial charge is 0.228 e. The minimum atomic E-state index is 0.0910. The molecule has 0 atom stereocenters. The van der Waals surface area contributed by atoms with Gasteiger partial charge in [-0.05, 0) is 19.1 Å². The maximum absolute atomic E-state index is 12.3. The Kier molecular flexibility index (Phi) is 3.45. The van der Waals surface area contributed by atoms with Gasteiger partial charge in [0.2, 0.25) is 5.91 Å². The Hall–Kier alpha value is -2.48. The zero-order valence-electron chi connectivity index (χ0n) is 12.5. The molecule has 0 aliphatic carbocycles. The Morgan fingerprint density at radius 3 is 3.04 bits per heavy atom. The molecule has 23 heavy (non-hydrogen) atoms. The van der Waals surface area contributed by atoms with Crippen LogP contribution in [-0.4, -0.2) is 44.1 Å². The highest BCUT2D eigenvalue weighted by molar-refractivity contribution is 7.13. The highest BCUT2D eigenvalue weighted by Gasteiger charge is 2.33. The van der Waals surface area contributed by atoms with Crippen LogP contribution < -0.4 is 0 Å². The Bertz CT molecular complexity index is 817. The Morgan fingerprint density at radius 2 is 2.35 bits per heavy atom. The summed E-state index contributed by atoms with van der Waals surface area (Å²) in [6.07, 6.45) is 1.81. The van der Waals surface area contributed by atoms with E-state index in [2.05, 4.69) is 20.2 Å². The molecule has 7 nitrogen and oxygen atoms in total. The zero-order valence-corrected chi connectivity index (χ0v) is 13.3. The molecule has 4 heterocycles. The summed E-state index contributed by atoms with van der Waals surface area (Å²) in [5.41, 5.74) is 0.784. The molecule has 3 aromatic rings. The van der Waals surface area contributed by atoms with Gasteiger partial charge in [0.15, 0.2) is 10.8 Å².